The molecule has 0 unspecified atom stereocenters. The van der Waals surface area contributed by atoms with Crippen molar-refractivity contribution in [2.45, 2.75) is 32.1 Å². The van der Waals surface area contributed by atoms with Gasteiger partial charge in [0.15, 0.2) is 17.3 Å². The van der Waals surface area contributed by atoms with Crippen LogP contribution in [0, 0.1) is 12.3 Å². The normalized spacial score (nSPS) is 10.4. The Balaban J connectivity index is 1.63. The Kier molecular flexibility index (Phi) is 8.87. The highest BCUT2D eigenvalue weighted by Crippen LogP contribution is 2.35. The summed E-state index contributed by atoms with van der Waals surface area (Å²) < 4.78 is 11.6. The molecule has 1 aromatic heterocycles. The second-order valence-electron chi connectivity index (χ2n) is 7.76. The number of aromatic nitrogens is 2. The minimum atomic E-state index is 0.0669. The lowest BCUT2D eigenvalue weighted by Gasteiger charge is -2.14. The Morgan fingerprint density at radius 1 is 1.12 bits per heavy atom. The smallest absolute Gasteiger partial charge is 0.178 e. The van der Waals surface area contributed by atoms with E-state index in [9.17, 15) is 4.79 Å². The number of Topliss-reactive ketones (excluding diaryl/α,β-unsaturated/α-hetero) is 1. The summed E-state index contributed by atoms with van der Waals surface area (Å²) in [6, 6.07) is 11.3. The van der Waals surface area contributed by atoms with Gasteiger partial charge in [-0.1, -0.05) is 31.4 Å². The highest BCUT2D eigenvalue weighted by Gasteiger charge is 2.12. The molecule has 0 aliphatic carbocycles. The van der Waals surface area contributed by atoms with E-state index in [1.165, 1.54) is 6.33 Å². The summed E-state index contributed by atoms with van der Waals surface area (Å²) in [5, 5.41) is 6.92. The van der Waals surface area contributed by atoms with Crippen molar-refractivity contribution in [3.8, 4) is 23.8 Å². The second-order valence-corrected chi connectivity index (χ2v) is 7.76. The van der Waals surface area contributed by atoms with Gasteiger partial charge in [0.2, 0.25) is 0 Å². The molecule has 0 atom stereocenters. The molecule has 176 valence electrons. The zero-order chi connectivity index (χ0) is 24.3. The van der Waals surface area contributed by atoms with Crippen LogP contribution in [-0.4, -0.2) is 36.5 Å². The van der Waals surface area contributed by atoms with E-state index in [-0.39, 0.29) is 5.78 Å². The van der Waals surface area contributed by atoms with Crippen LogP contribution in [-0.2, 0) is 4.79 Å². The van der Waals surface area contributed by atoms with Crippen LogP contribution in [0.25, 0.3) is 10.9 Å². The van der Waals surface area contributed by atoms with Gasteiger partial charge >= 0.3 is 0 Å². The molecular weight excluding hydrogens is 428 g/mol. The first-order chi connectivity index (χ1) is 16.5. The fourth-order valence-electron chi connectivity index (χ4n) is 3.47. The largest absolute Gasteiger partial charge is 0.493 e. The average Bonchev–Trinajstić information content (AvgIpc) is 2.87. The van der Waals surface area contributed by atoms with Gasteiger partial charge in [0.05, 0.1) is 24.9 Å². The molecule has 0 spiro atoms. The highest BCUT2D eigenvalue weighted by atomic mass is 16.5. The molecule has 0 saturated heterocycles. The van der Waals surface area contributed by atoms with Gasteiger partial charge in [-0.3, -0.25) is 4.79 Å². The van der Waals surface area contributed by atoms with Crippen LogP contribution in [0.3, 0.4) is 0 Å². The van der Waals surface area contributed by atoms with E-state index in [0.717, 1.165) is 47.8 Å². The predicted molar refractivity (Wildman–Crippen MR) is 136 cm³/mol. The third-order valence-electron chi connectivity index (χ3n) is 5.41. The fourth-order valence-corrected chi connectivity index (χ4v) is 3.47. The van der Waals surface area contributed by atoms with E-state index in [4.69, 9.17) is 15.9 Å². The molecule has 1 heterocycles. The lowest BCUT2D eigenvalue weighted by atomic mass is 10.1. The number of anilines is 2. The molecule has 0 aliphatic heterocycles. The number of nitrogens with one attached hydrogen (secondary N) is 2. The van der Waals surface area contributed by atoms with Gasteiger partial charge < -0.3 is 20.1 Å². The van der Waals surface area contributed by atoms with Crippen molar-refractivity contribution < 1.29 is 14.3 Å². The number of unbranched alkanes of at least 4 members (excludes halogenated alkanes) is 3. The predicted octanol–water partition coefficient (Wildman–Crippen LogP) is 4.99. The van der Waals surface area contributed by atoms with Crippen LogP contribution >= 0.6 is 0 Å². The van der Waals surface area contributed by atoms with E-state index in [1.807, 2.05) is 36.4 Å². The van der Waals surface area contributed by atoms with Gasteiger partial charge in [-0.2, -0.15) is 0 Å². The number of carbonyl (C=O) groups is 1. The summed E-state index contributed by atoms with van der Waals surface area (Å²) in [6.07, 6.45) is 11.2. The van der Waals surface area contributed by atoms with Crippen LogP contribution in [0.5, 0.6) is 11.5 Å². The molecule has 2 aromatic carbocycles. The molecule has 2 N–H and O–H groups in total. The van der Waals surface area contributed by atoms with Gasteiger partial charge in [0.25, 0.3) is 0 Å². The van der Waals surface area contributed by atoms with Crippen LogP contribution in [0.15, 0.2) is 55.0 Å². The molecule has 0 radical (unpaired) electrons. The maximum absolute atomic E-state index is 11.8. The van der Waals surface area contributed by atoms with Crippen LogP contribution in [0.2, 0.25) is 0 Å². The van der Waals surface area contributed by atoms with Crippen LogP contribution in [0.4, 0.5) is 11.5 Å². The number of ether oxygens (including phenoxy) is 2. The van der Waals surface area contributed by atoms with Crippen molar-refractivity contribution in [1.29, 1.82) is 0 Å². The maximum Gasteiger partial charge on any atom is 0.178 e. The fraction of sp³-hybridized carbons (Fsp3) is 0.296. The van der Waals surface area contributed by atoms with E-state index in [2.05, 4.69) is 33.1 Å². The number of nitrogens with zero attached hydrogens (tertiary/aromatic N) is 2. The Morgan fingerprint density at radius 2 is 1.94 bits per heavy atom. The summed E-state index contributed by atoms with van der Waals surface area (Å²) in [5.41, 5.74) is 2.83. The second kappa shape index (κ2) is 12.3. The van der Waals surface area contributed by atoms with Gasteiger partial charge in [0, 0.05) is 36.2 Å². The molecule has 0 amide bonds. The molecular formula is C27H30N4O3. The number of likely N-dealkylation sites (N-methyl/N-ethyl adjacent to an activating group) is 1. The van der Waals surface area contributed by atoms with Crippen molar-refractivity contribution in [3.63, 3.8) is 0 Å². The number of hydrogen-bond acceptors (Lipinski definition) is 7. The molecule has 3 aromatic rings. The highest BCUT2D eigenvalue weighted by molar-refractivity contribution is 5.94. The first-order valence-corrected chi connectivity index (χ1v) is 11.2. The number of benzene rings is 2. The summed E-state index contributed by atoms with van der Waals surface area (Å²) in [4.78, 5) is 20.6. The molecule has 34 heavy (non-hydrogen) atoms. The van der Waals surface area contributed by atoms with Gasteiger partial charge in [-0.25, -0.2) is 9.97 Å². The number of allylic oxidation sites excluding steroid dienone is 1. The number of carbonyl (C=O) groups excluding carboxylic acids is 1. The van der Waals surface area contributed by atoms with Crippen molar-refractivity contribution in [2.75, 3.05) is 26.1 Å². The molecule has 0 aliphatic rings. The lowest BCUT2D eigenvalue weighted by molar-refractivity contribution is -0.116. The monoisotopic (exact) mass is 458 g/mol. The Morgan fingerprint density at radius 3 is 2.71 bits per heavy atom. The zero-order valence-corrected chi connectivity index (χ0v) is 19.7. The minimum absolute atomic E-state index is 0.0669. The molecule has 0 bridgehead atoms. The number of hydrogen-bond donors (Lipinski definition) is 2. The summed E-state index contributed by atoms with van der Waals surface area (Å²) in [5.74, 6) is 4.60. The first kappa shape index (κ1) is 24.6. The summed E-state index contributed by atoms with van der Waals surface area (Å²) in [6.45, 7) is 4.24. The van der Waals surface area contributed by atoms with Gasteiger partial charge in [-0.15, -0.1) is 6.42 Å². The summed E-state index contributed by atoms with van der Waals surface area (Å²) in [7, 11) is 3.32. The molecule has 7 nitrogen and oxygen atoms in total. The van der Waals surface area contributed by atoms with E-state index < -0.39 is 0 Å². The standard InChI is InChI=1S/C27H30N4O3/c1-5-20-11-10-12-21(15-20)31-27-22-16-26(25(33-4)17-23(22)29-18-30-27)34-14-9-7-6-8-13-24(32)19(2)28-3/h1,10-12,15-18,28H,2,6-9,13-14H2,3-4H3,(H,29,30,31). The van der Waals surface area contributed by atoms with Crippen molar-refractivity contribution in [3.05, 3.63) is 60.6 Å². The Bertz CT molecular complexity index is 1200. The topological polar surface area (TPSA) is 85.4 Å². The van der Waals surface area contributed by atoms with Gasteiger partial charge in [-0.05, 0) is 37.1 Å². The number of methoxy groups -OCH3 is 1. The van der Waals surface area contributed by atoms with Crippen molar-refractivity contribution in [2.24, 2.45) is 0 Å². The van der Waals surface area contributed by atoms with Crippen molar-refractivity contribution in [1.82, 2.24) is 15.3 Å². The molecule has 0 fully saturated rings. The average molecular weight is 459 g/mol. The Hall–Kier alpha value is -4.05. The zero-order valence-electron chi connectivity index (χ0n) is 19.7. The number of ketones is 1. The third kappa shape index (κ3) is 6.48. The van der Waals surface area contributed by atoms with Crippen LogP contribution < -0.4 is 20.1 Å². The number of fused-ring (bicyclic) bond motifs is 1. The van der Waals surface area contributed by atoms with E-state index in [0.29, 0.717) is 36.0 Å². The first-order valence-electron chi connectivity index (χ1n) is 11.2. The molecule has 0 saturated carbocycles. The minimum Gasteiger partial charge on any atom is -0.493 e. The summed E-state index contributed by atoms with van der Waals surface area (Å²) >= 11 is 0. The lowest BCUT2D eigenvalue weighted by Crippen LogP contribution is -2.14. The van der Waals surface area contributed by atoms with Gasteiger partial charge in [0.1, 0.15) is 12.1 Å². The van der Waals surface area contributed by atoms with E-state index in [1.54, 1.807) is 14.2 Å². The van der Waals surface area contributed by atoms with E-state index >= 15 is 0 Å². The quantitative estimate of drug-likeness (QED) is 0.212. The molecule has 3 rings (SSSR count). The Labute approximate surface area is 200 Å². The molecule has 7 heteroatoms. The third-order valence-corrected chi connectivity index (χ3v) is 5.41. The van der Waals surface area contributed by atoms with Crippen LogP contribution in [0.1, 0.15) is 37.7 Å². The SMILES string of the molecule is C#Cc1cccc(Nc2ncnc3cc(OC)c(OCCCCCCC(=O)C(=C)NC)cc23)c1. The maximum atomic E-state index is 11.8. The number of rotatable bonds is 13. The van der Waals surface area contributed by atoms with Crippen molar-refractivity contribution >= 4 is 28.2 Å². The number of terminal acetylenes is 1.